The maximum Gasteiger partial charge on any atom is 0.104 e. The Bertz CT molecular complexity index is 480. The third kappa shape index (κ3) is 29.4. The van der Waals surface area contributed by atoms with E-state index < -0.39 is 0 Å². The number of hydrogen-bond donors (Lipinski definition) is 1. The largest absolute Gasteiger partial charge is 0.394 e. The van der Waals surface area contributed by atoms with Gasteiger partial charge in [-0.3, -0.25) is 0 Å². The fourth-order valence-corrected chi connectivity index (χ4v) is 5.81. The SMILES string of the molecule is CCC[C@H](C)CCCCCCC[C@@H](C)CCOC[C@@H](CO)OCC[C@@H](C)CCCCCCCCCCCC(C)C. The lowest BCUT2D eigenvalue weighted by Gasteiger charge is -2.18. The second kappa shape index (κ2) is 30.3. The molecule has 0 radical (unpaired) electrons. The van der Waals surface area contributed by atoms with E-state index in [0.717, 1.165) is 43.8 Å². The van der Waals surface area contributed by atoms with Crippen LogP contribution in [0.5, 0.6) is 0 Å². The predicted octanol–water partition coefficient (Wildman–Crippen LogP) is 11.5. The van der Waals surface area contributed by atoms with E-state index in [0.29, 0.717) is 12.5 Å². The van der Waals surface area contributed by atoms with Crippen LogP contribution in [0.2, 0.25) is 0 Å². The van der Waals surface area contributed by atoms with E-state index >= 15 is 0 Å². The standard InChI is InChI=1S/C37H76O3/c1-7-22-34(4)24-19-16-13-17-21-25-35(5)27-29-39-32-37(31-38)40-30-28-36(6)26-20-15-12-10-8-9-11-14-18-23-33(2)3/h33-38H,7-32H2,1-6H3/t34-,35+,36-,37+/m0/s1. The number of aliphatic hydroxyl groups excluding tert-OH is 1. The third-order valence-corrected chi connectivity index (χ3v) is 8.88. The summed E-state index contributed by atoms with van der Waals surface area (Å²) in [5.41, 5.74) is 0. The Hall–Kier alpha value is -0.120. The van der Waals surface area contributed by atoms with E-state index in [1.807, 2.05) is 0 Å². The summed E-state index contributed by atoms with van der Waals surface area (Å²) in [6.45, 7) is 16.2. The van der Waals surface area contributed by atoms with E-state index in [2.05, 4.69) is 41.5 Å². The topological polar surface area (TPSA) is 38.7 Å². The zero-order valence-corrected chi connectivity index (χ0v) is 28.5. The minimum Gasteiger partial charge on any atom is -0.394 e. The first-order valence-corrected chi connectivity index (χ1v) is 18.2. The molecule has 0 unspecified atom stereocenters. The number of hydrogen-bond acceptors (Lipinski definition) is 3. The zero-order chi connectivity index (χ0) is 29.7. The highest BCUT2D eigenvalue weighted by Gasteiger charge is 2.11. The molecule has 3 heteroatoms. The molecule has 0 aromatic heterocycles. The van der Waals surface area contributed by atoms with Crippen LogP contribution in [0.3, 0.4) is 0 Å². The molecule has 4 atom stereocenters. The molecule has 0 heterocycles. The van der Waals surface area contributed by atoms with Crippen molar-refractivity contribution in [2.75, 3.05) is 26.4 Å². The number of aliphatic hydroxyl groups is 1. The molecule has 0 aliphatic carbocycles. The quantitative estimate of drug-likeness (QED) is 0.0820. The van der Waals surface area contributed by atoms with Crippen molar-refractivity contribution in [1.82, 2.24) is 0 Å². The van der Waals surface area contributed by atoms with Crippen molar-refractivity contribution in [3.63, 3.8) is 0 Å². The van der Waals surface area contributed by atoms with Crippen molar-refractivity contribution in [2.24, 2.45) is 23.7 Å². The average molecular weight is 569 g/mol. The van der Waals surface area contributed by atoms with Crippen LogP contribution >= 0.6 is 0 Å². The van der Waals surface area contributed by atoms with Crippen LogP contribution in [0, 0.1) is 23.7 Å². The van der Waals surface area contributed by atoms with Crippen molar-refractivity contribution in [1.29, 1.82) is 0 Å². The predicted molar refractivity (Wildman–Crippen MR) is 177 cm³/mol. The minimum atomic E-state index is -0.173. The van der Waals surface area contributed by atoms with Crippen molar-refractivity contribution < 1.29 is 14.6 Å². The summed E-state index contributed by atoms with van der Waals surface area (Å²) in [6, 6.07) is 0. The molecule has 242 valence electrons. The van der Waals surface area contributed by atoms with Crippen LogP contribution in [0.1, 0.15) is 183 Å². The maximum atomic E-state index is 9.68. The van der Waals surface area contributed by atoms with E-state index in [1.54, 1.807) is 0 Å². The maximum absolute atomic E-state index is 9.68. The summed E-state index contributed by atoms with van der Waals surface area (Å²) >= 11 is 0. The Morgan fingerprint density at radius 1 is 0.475 bits per heavy atom. The highest BCUT2D eigenvalue weighted by molar-refractivity contribution is 4.60. The van der Waals surface area contributed by atoms with Gasteiger partial charge in [0.1, 0.15) is 6.10 Å². The third-order valence-electron chi connectivity index (χ3n) is 8.88. The van der Waals surface area contributed by atoms with Gasteiger partial charge in [0.25, 0.3) is 0 Å². The summed E-state index contributed by atoms with van der Waals surface area (Å²) in [6.07, 6.45) is 29.8. The van der Waals surface area contributed by atoms with Gasteiger partial charge in [-0.25, -0.2) is 0 Å². The molecule has 0 bridgehead atoms. The summed E-state index contributed by atoms with van der Waals surface area (Å²) in [5, 5.41) is 9.68. The number of ether oxygens (including phenoxy) is 2. The van der Waals surface area contributed by atoms with Crippen LogP contribution in [0.15, 0.2) is 0 Å². The summed E-state index contributed by atoms with van der Waals surface area (Å²) < 4.78 is 11.8. The molecular formula is C37H76O3. The first kappa shape index (κ1) is 39.9. The highest BCUT2D eigenvalue weighted by Crippen LogP contribution is 2.19. The molecule has 3 nitrogen and oxygen atoms in total. The van der Waals surface area contributed by atoms with Gasteiger partial charge in [-0.2, -0.15) is 0 Å². The van der Waals surface area contributed by atoms with E-state index in [1.165, 1.54) is 128 Å². The minimum absolute atomic E-state index is 0.0544. The average Bonchev–Trinajstić information content (AvgIpc) is 2.92. The molecule has 0 aromatic rings. The van der Waals surface area contributed by atoms with Crippen LogP contribution < -0.4 is 0 Å². The molecule has 0 aliphatic rings. The summed E-state index contributed by atoms with van der Waals surface area (Å²) in [7, 11) is 0. The summed E-state index contributed by atoms with van der Waals surface area (Å²) in [4.78, 5) is 0. The van der Waals surface area contributed by atoms with E-state index in [4.69, 9.17) is 9.47 Å². The van der Waals surface area contributed by atoms with Crippen molar-refractivity contribution in [3.05, 3.63) is 0 Å². The monoisotopic (exact) mass is 569 g/mol. The first-order valence-electron chi connectivity index (χ1n) is 18.2. The molecule has 1 N–H and O–H groups in total. The zero-order valence-electron chi connectivity index (χ0n) is 28.5. The lowest BCUT2D eigenvalue weighted by molar-refractivity contribution is -0.0470. The molecule has 0 aliphatic heterocycles. The molecule has 0 amide bonds. The fraction of sp³-hybridized carbons (Fsp3) is 1.00. The Kier molecular flexibility index (Phi) is 30.3. The van der Waals surface area contributed by atoms with E-state index in [9.17, 15) is 5.11 Å². The van der Waals surface area contributed by atoms with Crippen molar-refractivity contribution in [2.45, 2.75) is 189 Å². The Labute approximate surface area is 253 Å². The lowest BCUT2D eigenvalue weighted by Crippen LogP contribution is -2.25. The second-order valence-electron chi connectivity index (χ2n) is 13.9. The second-order valence-corrected chi connectivity index (χ2v) is 13.9. The fourth-order valence-electron chi connectivity index (χ4n) is 5.81. The Balaban J connectivity index is 3.53. The smallest absolute Gasteiger partial charge is 0.104 e. The van der Waals surface area contributed by atoms with Crippen LogP contribution in [-0.4, -0.2) is 37.6 Å². The van der Waals surface area contributed by atoms with Gasteiger partial charge >= 0.3 is 0 Å². The molecule has 0 aromatic carbocycles. The van der Waals surface area contributed by atoms with Crippen molar-refractivity contribution in [3.8, 4) is 0 Å². The van der Waals surface area contributed by atoms with Gasteiger partial charge in [0, 0.05) is 13.2 Å². The van der Waals surface area contributed by atoms with Crippen LogP contribution in [0.4, 0.5) is 0 Å². The number of unbranched alkanes of at least 4 members (excludes halogenated alkanes) is 12. The van der Waals surface area contributed by atoms with Gasteiger partial charge in [0.2, 0.25) is 0 Å². The molecule has 0 saturated carbocycles. The van der Waals surface area contributed by atoms with Gasteiger partial charge in [-0.05, 0) is 36.5 Å². The van der Waals surface area contributed by atoms with Crippen LogP contribution in [-0.2, 0) is 9.47 Å². The van der Waals surface area contributed by atoms with Gasteiger partial charge in [0.05, 0.1) is 13.2 Å². The van der Waals surface area contributed by atoms with Gasteiger partial charge < -0.3 is 14.6 Å². The molecule has 0 fully saturated rings. The first-order chi connectivity index (χ1) is 19.4. The van der Waals surface area contributed by atoms with Gasteiger partial charge in [-0.1, -0.05) is 170 Å². The van der Waals surface area contributed by atoms with E-state index in [-0.39, 0.29) is 12.7 Å². The molecule has 0 saturated heterocycles. The molecule has 0 spiro atoms. The van der Waals surface area contributed by atoms with Crippen molar-refractivity contribution >= 4 is 0 Å². The van der Waals surface area contributed by atoms with Crippen LogP contribution in [0.25, 0.3) is 0 Å². The normalized spacial score (nSPS) is 15.0. The number of rotatable bonds is 32. The molecular weight excluding hydrogens is 492 g/mol. The summed E-state index contributed by atoms with van der Waals surface area (Å²) in [5.74, 6) is 3.20. The highest BCUT2D eigenvalue weighted by atomic mass is 16.5. The molecule has 0 rings (SSSR count). The van der Waals surface area contributed by atoms with Gasteiger partial charge in [0.15, 0.2) is 0 Å². The van der Waals surface area contributed by atoms with Gasteiger partial charge in [-0.15, -0.1) is 0 Å². The lowest BCUT2D eigenvalue weighted by atomic mass is 9.96. The Morgan fingerprint density at radius 3 is 1.30 bits per heavy atom. The molecule has 40 heavy (non-hydrogen) atoms. The Morgan fingerprint density at radius 2 is 0.875 bits per heavy atom.